The van der Waals surface area contributed by atoms with Gasteiger partial charge in [-0.15, -0.1) is 0 Å². The standard InChI is InChI=1S/C32H29N5O5S/c1-37-19-25(18-35-37)24-16-28(30(33)34-17-24)42-29(32(39)41-20-21-8-4-3-5-9-21)22-10-6-12-26(14-22)36-31(38)23-11-7-13-27(15-23)43(2)40/h3-19,29H,20H2,1-2H3,(H2,33,34)(H,36,38)/t29-,43?/m1/s1. The Morgan fingerprint density at radius 3 is 2.53 bits per heavy atom. The number of esters is 1. The van der Waals surface area contributed by atoms with E-state index in [1.165, 1.54) is 0 Å². The number of amides is 1. The summed E-state index contributed by atoms with van der Waals surface area (Å²) >= 11 is -1.24. The van der Waals surface area contributed by atoms with Gasteiger partial charge >= 0.3 is 5.97 Å². The molecule has 0 saturated carbocycles. The summed E-state index contributed by atoms with van der Waals surface area (Å²) in [6, 6.07) is 24.2. The molecule has 5 rings (SSSR count). The molecule has 3 N–H and O–H groups in total. The van der Waals surface area contributed by atoms with Crippen LogP contribution in [0.5, 0.6) is 5.75 Å². The third-order valence-electron chi connectivity index (χ3n) is 6.48. The Morgan fingerprint density at radius 1 is 1.00 bits per heavy atom. The molecule has 0 radical (unpaired) electrons. The normalized spacial score (nSPS) is 12.3. The zero-order valence-corrected chi connectivity index (χ0v) is 24.3. The fourth-order valence-electron chi connectivity index (χ4n) is 4.26. The van der Waals surface area contributed by atoms with E-state index < -0.39 is 29.2 Å². The van der Waals surface area contributed by atoms with Gasteiger partial charge in [0.05, 0.1) is 6.20 Å². The van der Waals surface area contributed by atoms with E-state index in [2.05, 4.69) is 15.4 Å². The second kappa shape index (κ2) is 13.2. The van der Waals surface area contributed by atoms with E-state index in [4.69, 9.17) is 15.2 Å². The maximum Gasteiger partial charge on any atom is 0.352 e. The zero-order valence-electron chi connectivity index (χ0n) is 23.5. The minimum absolute atomic E-state index is 0.0363. The third-order valence-corrected chi connectivity index (χ3v) is 7.40. The highest BCUT2D eigenvalue weighted by Gasteiger charge is 2.27. The summed E-state index contributed by atoms with van der Waals surface area (Å²) in [7, 11) is 1.80. The molecule has 11 heteroatoms. The van der Waals surface area contributed by atoms with Gasteiger partial charge in [0.15, 0.2) is 16.5 Å². The largest absolute Gasteiger partial charge is 0.612 e. The molecular formula is C32H29N5O5S. The molecule has 0 aliphatic carbocycles. The lowest BCUT2D eigenvalue weighted by molar-refractivity contribution is -0.153. The van der Waals surface area contributed by atoms with Gasteiger partial charge in [0.2, 0.25) is 6.10 Å². The molecular weight excluding hydrogens is 566 g/mol. The van der Waals surface area contributed by atoms with Crippen LogP contribution in [0.25, 0.3) is 11.1 Å². The van der Waals surface area contributed by atoms with Crippen molar-refractivity contribution in [1.82, 2.24) is 14.8 Å². The number of carbonyl (C=O) groups excluding carboxylic acids is 2. The van der Waals surface area contributed by atoms with Gasteiger partial charge in [-0.3, -0.25) is 9.48 Å². The van der Waals surface area contributed by atoms with Crippen molar-refractivity contribution in [3.63, 3.8) is 0 Å². The van der Waals surface area contributed by atoms with Crippen molar-refractivity contribution in [3.05, 3.63) is 120 Å². The van der Waals surface area contributed by atoms with Crippen molar-refractivity contribution in [2.24, 2.45) is 7.05 Å². The van der Waals surface area contributed by atoms with Crippen molar-refractivity contribution in [1.29, 1.82) is 0 Å². The topological polar surface area (TPSA) is 144 Å². The van der Waals surface area contributed by atoms with E-state index in [0.717, 1.165) is 11.1 Å². The second-order valence-electron chi connectivity index (χ2n) is 9.66. The first-order valence-electron chi connectivity index (χ1n) is 13.2. The summed E-state index contributed by atoms with van der Waals surface area (Å²) in [6.07, 6.45) is 5.41. The van der Waals surface area contributed by atoms with Crippen LogP contribution in [0.2, 0.25) is 0 Å². The predicted octanol–water partition coefficient (Wildman–Crippen LogP) is 4.92. The van der Waals surface area contributed by atoms with Gasteiger partial charge < -0.3 is 25.1 Å². The number of rotatable bonds is 10. The first kappa shape index (κ1) is 29.4. The number of carbonyl (C=O) groups is 2. The van der Waals surface area contributed by atoms with Crippen LogP contribution in [0, 0.1) is 0 Å². The second-order valence-corrected chi connectivity index (χ2v) is 11.0. The van der Waals surface area contributed by atoms with Crippen LogP contribution in [0.3, 0.4) is 0 Å². The van der Waals surface area contributed by atoms with Gasteiger partial charge in [0.25, 0.3) is 5.91 Å². The molecule has 0 aliphatic rings. The number of nitrogen functional groups attached to an aromatic ring is 1. The molecule has 1 amide bonds. The number of aryl methyl sites for hydroxylation is 1. The number of nitrogens with two attached hydrogens (primary N) is 1. The Hall–Kier alpha value is -5.13. The highest BCUT2D eigenvalue weighted by atomic mass is 32.2. The van der Waals surface area contributed by atoms with Crippen molar-refractivity contribution >= 4 is 34.6 Å². The molecule has 2 aromatic heterocycles. The summed E-state index contributed by atoms with van der Waals surface area (Å²) in [5.41, 5.74) is 9.66. The van der Waals surface area contributed by atoms with E-state index in [1.807, 2.05) is 36.5 Å². The Labute approximate surface area is 251 Å². The van der Waals surface area contributed by atoms with Crippen molar-refractivity contribution < 1.29 is 23.6 Å². The highest BCUT2D eigenvalue weighted by molar-refractivity contribution is 7.90. The van der Waals surface area contributed by atoms with E-state index in [9.17, 15) is 14.1 Å². The average molecular weight is 596 g/mol. The monoisotopic (exact) mass is 595 g/mol. The molecule has 1 unspecified atom stereocenters. The summed E-state index contributed by atoms with van der Waals surface area (Å²) in [5.74, 6) is -0.782. The average Bonchev–Trinajstić information content (AvgIpc) is 3.46. The Bertz CT molecular complexity index is 1740. The van der Waals surface area contributed by atoms with Gasteiger partial charge in [-0.25, -0.2) is 9.78 Å². The van der Waals surface area contributed by atoms with Crippen molar-refractivity contribution in [2.45, 2.75) is 17.6 Å². The molecule has 218 valence electrons. The number of pyridine rings is 1. The number of hydrogen-bond acceptors (Lipinski definition) is 8. The third kappa shape index (κ3) is 7.39. The SMILES string of the molecule is Cn1cc(-c2cnc(N)c(O[C@@H](C(=O)OCc3ccccc3)c3cccc(NC(=O)c4cccc([S+](C)[O-])c4)c3)c2)cn1. The van der Waals surface area contributed by atoms with Gasteiger partial charge in [0.1, 0.15) is 12.9 Å². The number of aromatic nitrogens is 3. The number of nitrogens with zero attached hydrogens (tertiary/aromatic N) is 3. The van der Waals surface area contributed by atoms with Crippen LogP contribution in [-0.4, -0.2) is 37.4 Å². The number of nitrogens with one attached hydrogen (secondary N) is 1. The molecule has 0 aliphatic heterocycles. The lowest BCUT2D eigenvalue weighted by Crippen LogP contribution is -2.22. The van der Waals surface area contributed by atoms with Gasteiger partial charge in [0, 0.05) is 53.4 Å². The molecule has 2 heterocycles. The Morgan fingerprint density at radius 2 is 1.79 bits per heavy atom. The van der Waals surface area contributed by atoms with Crippen molar-refractivity contribution in [2.75, 3.05) is 17.3 Å². The number of ether oxygens (including phenoxy) is 2. The van der Waals surface area contributed by atoms with E-state index in [1.54, 1.807) is 85.0 Å². The van der Waals surface area contributed by atoms with E-state index >= 15 is 0 Å². The summed E-state index contributed by atoms with van der Waals surface area (Å²) in [6.45, 7) is 0.0363. The minimum Gasteiger partial charge on any atom is -0.612 e. The molecule has 2 atom stereocenters. The molecule has 0 bridgehead atoms. The minimum atomic E-state index is -1.24. The Balaban J connectivity index is 1.43. The molecule has 0 saturated heterocycles. The van der Waals surface area contributed by atoms with Gasteiger partial charge in [-0.2, -0.15) is 5.10 Å². The fourth-order valence-corrected chi connectivity index (χ4v) is 4.82. The first-order valence-corrected chi connectivity index (χ1v) is 14.8. The molecule has 0 spiro atoms. The molecule has 3 aromatic carbocycles. The summed E-state index contributed by atoms with van der Waals surface area (Å²) < 4.78 is 25.4. The Kier molecular flexibility index (Phi) is 9.04. The number of benzene rings is 3. The summed E-state index contributed by atoms with van der Waals surface area (Å²) in [4.78, 5) is 31.3. The van der Waals surface area contributed by atoms with Crippen LogP contribution in [0.1, 0.15) is 27.6 Å². The number of hydrogen-bond donors (Lipinski definition) is 2. The first-order chi connectivity index (χ1) is 20.8. The lowest BCUT2D eigenvalue weighted by Gasteiger charge is -2.20. The highest BCUT2D eigenvalue weighted by Crippen LogP contribution is 2.32. The quantitative estimate of drug-likeness (QED) is 0.171. The zero-order chi connectivity index (χ0) is 30.3. The molecule has 10 nitrogen and oxygen atoms in total. The molecule has 0 fully saturated rings. The maximum absolute atomic E-state index is 13.5. The fraction of sp³-hybridized carbons (Fsp3) is 0.125. The number of anilines is 2. The van der Waals surface area contributed by atoms with Crippen LogP contribution < -0.4 is 15.8 Å². The van der Waals surface area contributed by atoms with Crippen LogP contribution >= 0.6 is 0 Å². The lowest BCUT2D eigenvalue weighted by atomic mass is 10.1. The molecule has 5 aromatic rings. The van der Waals surface area contributed by atoms with Crippen LogP contribution in [0.15, 0.2) is 108 Å². The van der Waals surface area contributed by atoms with Crippen LogP contribution in [0.4, 0.5) is 11.5 Å². The van der Waals surface area contributed by atoms with Crippen LogP contribution in [-0.2, 0) is 34.4 Å². The van der Waals surface area contributed by atoms with Gasteiger partial charge in [-0.05, 0) is 47.1 Å². The predicted molar refractivity (Wildman–Crippen MR) is 164 cm³/mol. The van der Waals surface area contributed by atoms with E-state index in [0.29, 0.717) is 27.3 Å². The van der Waals surface area contributed by atoms with E-state index in [-0.39, 0.29) is 18.2 Å². The van der Waals surface area contributed by atoms with Crippen molar-refractivity contribution in [3.8, 4) is 16.9 Å². The maximum atomic E-state index is 13.5. The smallest absolute Gasteiger partial charge is 0.352 e. The molecule has 43 heavy (non-hydrogen) atoms. The summed E-state index contributed by atoms with van der Waals surface area (Å²) in [5, 5.41) is 7.03. The van der Waals surface area contributed by atoms with Gasteiger partial charge in [-0.1, -0.05) is 48.5 Å².